The summed E-state index contributed by atoms with van der Waals surface area (Å²) in [5.74, 6) is 0.395. The molecular formula is C24H22F3N3O2. The molecule has 2 aromatic carbocycles. The van der Waals surface area contributed by atoms with Gasteiger partial charge in [0.05, 0.1) is 30.0 Å². The fraction of sp³-hybridized carbons (Fsp3) is 0.292. The molecule has 32 heavy (non-hydrogen) atoms. The van der Waals surface area contributed by atoms with Crippen LogP contribution in [0.4, 0.5) is 18.9 Å². The Kier molecular flexibility index (Phi) is 5.62. The van der Waals surface area contributed by atoms with Crippen molar-refractivity contribution in [1.29, 1.82) is 0 Å². The molecule has 0 bridgehead atoms. The molecule has 4 rings (SSSR count). The first-order valence-corrected chi connectivity index (χ1v) is 10.2. The standard InChI is InChI=1S/C24H22F3N3O2/c1-15-21(13-28-16(2)29-15)32-14-23(17-7-4-3-5-8-17)12-20(23)22(31)30-19-10-6-9-18(11-19)24(25,26)27/h3-11,13,20H,12,14H2,1-2H3,(H,30,31)/t20-,23+/m0/s1. The highest BCUT2D eigenvalue weighted by Gasteiger charge is 2.60. The second-order valence-corrected chi connectivity index (χ2v) is 8.00. The third-order valence-electron chi connectivity index (χ3n) is 5.74. The molecule has 3 aromatic rings. The molecular weight excluding hydrogens is 419 g/mol. The van der Waals surface area contributed by atoms with Crippen LogP contribution in [0.15, 0.2) is 60.8 Å². The van der Waals surface area contributed by atoms with Crippen LogP contribution in [0.25, 0.3) is 0 Å². The molecule has 5 nitrogen and oxygen atoms in total. The van der Waals surface area contributed by atoms with Gasteiger partial charge in [0.2, 0.25) is 5.91 Å². The molecule has 8 heteroatoms. The highest BCUT2D eigenvalue weighted by molar-refractivity contribution is 5.96. The number of rotatable bonds is 6. The highest BCUT2D eigenvalue weighted by atomic mass is 19.4. The molecule has 1 amide bonds. The van der Waals surface area contributed by atoms with Crippen molar-refractivity contribution in [1.82, 2.24) is 9.97 Å². The van der Waals surface area contributed by atoms with Gasteiger partial charge >= 0.3 is 6.18 Å². The Morgan fingerprint density at radius 2 is 1.91 bits per heavy atom. The van der Waals surface area contributed by atoms with Gasteiger partial charge in [0.15, 0.2) is 5.75 Å². The van der Waals surface area contributed by atoms with Crippen LogP contribution in [-0.4, -0.2) is 22.5 Å². The lowest BCUT2D eigenvalue weighted by atomic mass is 9.93. The minimum Gasteiger partial charge on any atom is -0.489 e. The van der Waals surface area contributed by atoms with Gasteiger partial charge in [-0.25, -0.2) is 9.97 Å². The third kappa shape index (κ3) is 4.44. The van der Waals surface area contributed by atoms with Gasteiger partial charge in [-0.2, -0.15) is 13.2 Å². The molecule has 1 aliphatic rings. The van der Waals surface area contributed by atoms with Crippen LogP contribution in [0.3, 0.4) is 0 Å². The number of aryl methyl sites for hydroxylation is 2. The molecule has 1 N–H and O–H groups in total. The fourth-order valence-electron chi connectivity index (χ4n) is 3.90. The minimum atomic E-state index is -4.48. The smallest absolute Gasteiger partial charge is 0.416 e. The zero-order valence-corrected chi connectivity index (χ0v) is 17.6. The van der Waals surface area contributed by atoms with Gasteiger partial charge in [0, 0.05) is 11.1 Å². The number of aromatic nitrogens is 2. The van der Waals surface area contributed by atoms with Crippen LogP contribution in [0.5, 0.6) is 5.75 Å². The molecule has 0 spiro atoms. The summed E-state index contributed by atoms with van der Waals surface area (Å²) in [5.41, 5.74) is 0.367. The van der Waals surface area contributed by atoms with E-state index in [-0.39, 0.29) is 18.2 Å². The van der Waals surface area contributed by atoms with E-state index in [1.165, 1.54) is 12.1 Å². The fourth-order valence-corrected chi connectivity index (χ4v) is 3.90. The van der Waals surface area contributed by atoms with E-state index in [9.17, 15) is 18.0 Å². The Hall–Kier alpha value is -3.42. The van der Waals surface area contributed by atoms with Gasteiger partial charge in [-0.1, -0.05) is 36.4 Å². The summed E-state index contributed by atoms with van der Waals surface area (Å²) in [7, 11) is 0. The Balaban J connectivity index is 1.54. The Morgan fingerprint density at radius 1 is 1.16 bits per heavy atom. The molecule has 1 aromatic heterocycles. The number of carbonyl (C=O) groups is 1. The van der Waals surface area contributed by atoms with Gasteiger partial charge in [0.25, 0.3) is 0 Å². The number of ether oxygens (including phenoxy) is 1. The molecule has 1 heterocycles. The maximum absolute atomic E-state index is 13.0. The van der Waals surface area contributed by atoms with Crippen molar-refractivity contribution in [3.05, 3.63) is 83.4 Å². The lowest BCUT2D eigenvalue weighted by Crippen LogP contribution is -2.26. The van der Waals surface area contributed by atoms with E-state index in [1.54, 1.807) is 13.1 Å². The predicted molar refractivity (Wildman–Crippen MR) is 113 cm³/mol. The first-order valence-electron chi connectivity index (χ1n) is 10.2. The monoisotopic (exact) mass is 441 g/mol. The highest BCUT2D eigenvalue weighted by Crippen LogP contribution is 2.55. The van der Waals surface area contributed by atoms with Gasteiger partial charge in [-0.05, 0) is 44.0 Å². The predicted octanol–water partition coefficient (Wildman–Crippen LogP) is 5.09. The van der Waals surface area contributed by atoms with Crippen molar-refractivity contribution < 1.29 is 22.7 Å². The first-order chi connectivity index (χ1) is 15.2. The minimum absolute atomic E-state index is 0.113. The SMILES string of the molecule is Cc1ncc(OC[C@@]2(c3ccccc3)C[C@H]2C(=O)Nc2cccc(C(F)(F)F)c2)c(C)n1. The Bertz CT molecular complexity index is 1130. The van der Waals surface area contributed by atoms with E-state index in [1.807, 2.05) is 37.3 Å². The van der Waals surface area contributed by atoms with Gasteiger partial charge in [-0.3, -0.25) is 4.79 Å². The Morgan fingerprint density at radius 3 is 2.59 bits per heavy atom. The van der Waals surface area contributed by atoms with Crippen molar-refractivity contribution in [3.8, 4) is 5.75 Å². The topological polar surface area (TPSA) is 64.1 Å². The van der Waals surface area contributed by atoms with E-state index in [0.717, 1.165) is 17.7 Å². The molecule has 166 valence electrons. The average Bonchev–Trinajstić information content (AvgIpc) is 3.49. The second kappa shape index (κ2) is 8.26. The quantitative estimate of drug-likeness (QED) is 0.579. The number of nitrogens with one attached hydrogen (secondary N) is 1. The number of benzene rings is 2. The summed E-state index contributed by atoms with van der Waals surface area (Å²) in [6.07, 6.45) is -2.35. The van der Waals surface area contributed by atoms with Gasteiger partial charge < -0.3 is 10.1 Å². The molecule has 0 aliphatic heterocycles. The van der Waals surface area contributed by atoms with Crippen molar-refractivity contribution in [2.75, 3.05) is 11.9 Å². The van der Waals surface area contributed by atoms with E-state index in [0.29, 0.717) is 23.7 Å². The van der Waals surface area contributed by atoms with Crippen LogP contribution in [0.1, 0.15) is 29.1 Å². The molecule has 0 radical (unpaired) electrons. The number of carbonyl (C=O) groups excluding carboxylic acids is 1. The first kappa shape index (κ1) is 21.8. The second-order valence-electron chi connectivity index (χ2n) is 8.00. The lowest BCUT2D eigenvalue weighted by Gasteiger charge is -2.20. The maximum Gasteiger partial charge on any atom is 0.416 e. The van der Waals surface area contributed by atoms with E-state index in [4.69, 9.17) is 4.74 Å². The summed E-state index contributed by atoms with van der Waals surface area (Å²) >= 11 is 0. The third-order valence-corrected chi connectivity index (χ3v) is 5.74. The van der Waals surface area contributed by atoms with E-state index in [2.05, 4.69) is 15.3 Å². The van der Waals surface area contributed by atoms with Crippen molar-refractivity contribution in [2.45, 2.75) is 31.9 Å². The average molecular weight is 441 g/mol. The number of hydrogen-bond acceptors (Lipinski definition) is 4. The van der Waals surface area contributed by atoms with Crippen LogP contribution in [0.2, 0.25) is 0 Å². The largest absolute Gasteiger partial charge is 0.489 e. The zero-order chi connectivity index (χ0) is 22.9. The lowest BCUT2D eigenvalue weighted by molar-refractivity contribution is -0.137. The molecule has 0 unspecified atom stereocenters. The molecule has 1 fully saturated rings. The van der Waals surface area contributed by atoms with Gasteiger partial charge in [0.1, 0.15) is 5.82 Å². The molecule has 1 aliphatic carbocycles. The van der Waals surface area contributed by atoms with Crippen LogP contribution >= 0.6 is 0 Å². The summed E-state index contributed by atoms with van der Waals surface area (Å²) in [4.78, 5) is 21.4. The summed E-state index contributed by atoms with van der Waals surface area (Å²) in [6.45, 7) is 3.84. The zero-order valence-electron chi connectivity index (χ0n) is 17.6. The van der Waals surface area contributed by atoms with Crippen LogP contribution in [-0.2, 0) is 16.4 Å². The van der Waals surface area contributed by atoms with Crippen LogP contribution in [0, 0.1) is 19.8 Å². The number of halogens is 3. The number of hydrogen-bond donors (Lipinski definition) is 1. The maximum atomic E-state index is 13.0. The number of nitrogens with zero attached hydrogens (tertiary/aromatic N) is 2. The molecule has 1 saturated carbocycles. The number of alkyl halides is 3. The van der Waals surface area contributed by atoms with Crippen molar-refractivity contribution in [2.24, 2.45) is 5.92 Å². The molecule has 0 saturated heterocycles. The molecule has 2 atom stereocenters. The van der Waals surface area contributed by atoms with Crippen molar-refractivity contribution in [3.63, 3.8) is 0 Å². The van der Waals surface area contributed by atoms with Gasteiger partial charge in [-0.15, -0.1) is 0 Å². The van der Waals surface area contributed by atoms with Crippen LogP contribution < -0.4 is 10.1 Å². The summed E-state index contributed by atoms with van der Waals surface area (Å²) in [6, 6.07) is 14.2. The van der Waals surface area contributed by atoms with E-state index >= 15 is 0 Å². The summed E-state index contributed by atoms with van der Waals surface area (Å²) in [5, 5.41) is 2.64. The van der Waals surface area contributed by atoms with E-state index < -0.39 is 23.1 Å². The Labute approximate surface area is 183 Å². The normalized spacial score (nSPS) is 20.0. The number of amides is 1. The summed E-state index contributed by atoms with van der Waals surface area (Å²) < 4.78 is 45.0. The van der Waals surface area contributed by atoms with Crippen molar-refractivity contribution >= 4 is 11.6 Å². The number of anilines is 1.